The number of aromatic amines is 1. The van der Waals surface area contributed by atoms with Crippen molar-refractivity contribution < 1.29 is 17.6 Å². The van der Waals surface area contributed by atoms with Crippen molar-refractivity contribution in [1.82, 2.24) is 14.3 Å². The van der Waals surface area contributed by atoms with Crippen LogP contribution in [0.2, 0.25) is 0 Å². The number of rotatable bonds is 5. The summed E-state index contributed by atoms with van der Waals surface area (Å²) >= 11 is 0.991. The normalized spacial score (nSPS) is 11.4. The molecule has 0 saturated carbocycles. The lowest BCUT2D eigenvalue weighted by atomic mass is 10.2. The van der Waals surface area contributed by atoms with E-state index in [0.29, 0.717) is 10.3 Å². The number of nitrogens with one attached hydrogen (secondary N) is 4. The van der Waals surface area contributed by atoms with Crippen molar-refractivity contribution in [3.05, 3.63) is 80.1 Å². The molecule has 2 aromatic heterocycles. The fourth-order valence-electron chi connectivity index (χ4n) is 3.24. The molecule has 0 saturated heterocycles. The third kappa shape index (κ3) is 4.43. The van der Waals surface area contributed by atoms with Crippen molar-refractivity contribution in [1.29, 1.82) is 0 Å². The van der Waals surface area contributed by atoms with E-state index in [0.717, 1.165) is 28.3 Å². The number of H-pyrrole nitrogens is 1. The summed E-state index contributed by atoms with van der Waals surface area (Å²) in [6.07, 6.45) is 0. The molecule has 13 heteroatoms. The summed E-state index contributed by atoms with van der Waals surface area (Å²) in [5.41, 5.74) is -1.03. The number of anilines is 2. The predicted molar refractivity (Wildman–Crippen MR) is 128 cm³/mol. The van der Waals surface area contributed by atoms with Crippen LogP contribution in [0.3, 0.4) is 0 Å². The van der Waals surface area contributed by atoms with Crippen LogP contribution in [0, 0.1) is 12.7 Å². The number of carbonyl (C=O) groups is 1. The maximum atomic E-state index is 14.9. The van der Waals surface area contributed by atoms with Gasteiger partial charge in [0.05, 0.1) is 16.6 Å². The number of hydrogen-bond acceptors (Lipinski definition) is 7. The molecule has 2 amide bonds. The molecule has 0 spiro atoms. The van der Waals surface area contributed by atoms with Gasteiger partial charge in [-0.1, -0.05) is 0 Å². The van der Waals surface area contributed by atoms with Gasteiger partial charge in [-0.05, 0) is 55.5 Å². The first-order chi connectivity index (χ1) is 16.1. The van der Waals surface area contributed by atoms with Crippen LogP contribution >= 0.6 is 11.3 Å². The topological polar surface area (TPSA) is 142 Å². The molecule has 0 bridgehead atoms. The first-order valence-electron chi connectivity index (χ1n) is 9.76. The van der Waals surface area contributed by atoms with Crippen LogP contribution in [0.1, 0.15) is 4.88 Å². The highest BCUT2D eigenvalue weighted by Gasteiger charge is 2.20. The Kier molecular flexibility index (Phi) is 5.98. The number of halogens is 1. The predicted octanol–water partition coefficient (Wildman–Crippen LogP) is 2.74. The van der Waals surface area contributed by atoms with E-state index >= 15 is 0 Å². The van der Waals surface area contributed by atoms with Gasteiger partial charge in [-0.2, -0.15) is 0 Å². The van der Waals surface area contributed by atoms with Gasteiger partial charge in [0.25, 0.3) is 15.6 Å². The number of aryl methyl sites for hydroxylation is 1. The van der Waals surface area contributed by atoms with Crippen LogP contribution in [0.5, 0.6) is 0 Å². The number of fused-ring (bicyclic) bond motifs is 1. The Bertz CT molecular complexity index is 1660. The van der Waals surface area contributed by atoms with E-state index in [1.165, 1.54) is 18.2 Å². The van der Waals surface area contributed by atoms with Crippen LogP contribution in [0.15, 0.2) is 62.3 Å². The maximum absolute atomic E-state index is 14.9. The van der Waals surface area contributed by atoms with Crippen molar-refractivity contribution in [2.75, 3.05) is 17.7 Å². The molecule has 0 radical (unpaired) electrons. The van der Waals surface area contributed by atoms with Crippen molar-refractivity contribution in [3.63, 3.8) is 0 Å². The molecule has 0 aliphatic rings. The second-order valence-electron chi connectivity index (χ2n) is 7.17. The summed E-state index contributed by atoms with van der Waals surface area (Å²) in [4.78, 5) is 40.8. The number of thiophene rings is 1. The largest absolute Gasteiger partial charge is 0.388 e. The summed E-state index contributed by atoms with van der Waals surface area (Å²) in [5, 5.41) is 5.29. The van der Waals surface area contributed by atoms with Gasteiger partial charge in [-0.15, -0.1) is 11.3 Å². The fourth-order valence-corrected chi connectivity index (χ4v) is 5.43. The average Bonchev–Trinajstić information content (AvgIpc) is 3.21. The summed E-state index contributed by atoms with van der Waals surface area (Å²) in [7, 11) is -2.41. The van der Waals surface area contributed by atoms with E-state index in [-0.39, 0.29) is 26.5 Å². The Morgan fingerprint density at radius 3 is 2.44 bits per heavy atom. The van der Waals surface area contributed by atoms with Gasteiger partial charge < -0.3 is 15.6 Å². The highest BCUT2D eigenvalue weighted by Crippen LogP contribution is 2.21. The molecule has 4 N–H and O–H groups in total. The first-order valence-corrected chi connectivity index (χ1v) is 12.1. The Morgan fingerprint density at radius 2 is 1.79 bits per heavy atom. The van der Waals surface area contributed by atoms with Crippen molar-refractivity contribution in [2.45, 2.75) is 11.1 Å². The van der Waals surface area contributed by atoms with Crippen LogP contribution in [-0.4, -0.2) is 31.0 Å². The van der Waals surface area contributed by atoms with Crippen molar-refractivity contribution in [2.24, 2.45) is 0 Å². The SMILES string of the molecule is CNc1ccc2c(=O)n(-c3ccc(NC(=O)NS(=O)(=O)c4ccc(C)s4)cc3F)c(=O)[nH]c2c1. The first kappa shape index (κ1) is 23.2. The van der Waals surface area contributed by atoms with Gasteiger partial charge in [0, 0.05) is 23.3 Å². The summed E-state index contributed by atoms with van der Waals surface area (Å²) in [6.45, 7) is 1.72. The number of sulfonamides is 1. The summed E-state index contributed by atoms with van der Waals surface area (Å²) < 4.78 is 41.8. The molecule has 0 unspecified atom stereocenters. The molecule has 176 valence electrons. The zero-order valence-corrected chi connectivity index (χ0v) is 19.4. The Hall–Kier alpha value is -3.97. The minimum atomic E-state index is -4.09. The second-order valence-corrected chi connectivity index (χ2v) is 10.4. The zero-order valence-electron chi connectivity index (χ0n) is 17.8. The number of aromatic nitrogens is 2. The molecule has 0 aliphatic carbocycles. The number of urea groups is 1. The molecule has 0 atom stereocenters. The number of nitrogens with zero attached hydrogens (tertiary/aromatic N) is 1. The molecule has 4 rings (SSSR count). The molecule has 2 heterocycles. The van der Waals surface area contributed by atoms with Gasteiger partial charge in [0.15, 0.2) is 0 Å². The van der Waals surface area contributed by atoms with E-state index in [9.17, 15) is 27.2 Å². The van der Waals surface area contributed by atoms with Crippen molar-refractivity contribution in [3.8, 4) is 5.69 Å². The number of benzene rings is 2. The van der Waals surface area contributed by atoms with Gasteiger partial charge in [0.2, 0.25) is 0 Å². The van der Waals surface area contributed by atoms with E-state index in [1.807, 2.05) is 4.72 Å². The minimum Gasteiger partial charge on any atom is -0.388 e. The van der Waals surface area contributed by atoms with Crippen molar-refractivity contribution >= 4 is 49.7 Å². The van der Waals surface area contributed by atoms with E-state index in [4.69, 9.17) is 0 Å². The molecule has 2 aromatic carbocycles. The summed E-state index contributed by atoms with van der Waals surface area (Å²) in [6, 6.07) is 9.83. The fraction of sp³-hybridized carbons (Fsp3) is 0.0952. The monoisotopic (exact) mass is 503 g/mol. The molecular formula is C21H18FN5O5S2. The number of carbonyl (C=O) groups excluding carboxylic acids is 1. The smallest absolute Gasteiger partial charge is 0.333 e. The van der Waals surface area contributed by atoms with Gasteiger partial charge >= 0.3 is 11.7 Å². The third-order valence-electron chi connectivity index (χ3n) is 4.84. The van der Waals surface area contributed by atoms with E-state index in [2.05, 4.69) is 15.6 Å². The van der Waals surface area contributed by atoms with E-state index < -0.39 is 33.1 Å². The standard InChI is InChI=1S/C21H18FN5O5S2/c1-11-3-8-18(33-11)34(31,32)26-20(29)24-13-5-7-17(15(22)9-13)27-19(28)14-6-4-12(23-2)10-16(14)25-21(27)30/h3-10,23H,1-2H3,(H,25,30)(H2,24,26,29). The lowest BCUT2D eigenvalue weighted by Crippen LogP contribution is -2.35. The highest BCUT2D eigenvalue weighted by molar-refractivity contribution is 7.92. The summed E-state index contributed by atoms with van der Waals surface area (Å²) in [5.74, 6) is -0.978. The Morgan fingerprint density at radius 1 is 1.06 bits per heavy atom. The van der Waals surface area contributed by atoms with E-state index in [1.54, 1.807) is 32.2 Å². The lowest BCUT2D eigenvalue weighted by molar-refractivity contribution is 0.256. The highest BCUT2D eigenvalue weighted by atomic mass is 32.2. The van der Waals surface area contributed by atoms with Crippen LogP contribution in [0.25, 0.3) is 16.6 Å². The molecule has 4 aromatic rings. The van der Waals surface area contributed by atoms with Crippen LogP contribution in [0.4, 0.5) is 20.6 Å². The molecule has 10 nitrogen and oxygen atoms in total. The second kappa shape index (κ2) is 8.76. The Balaban J connectivity index is 1.61. The molecule has 34 heavy (non-hydrogen) atoms. The van der Waals surface area contributed by atoms with Crippen LogP contribution < -0.4 is 26.6 Å². The number of hydrogen-bond donors (Lipinski definition) is 4. The minimum absolute atomic E-state index is 0.0431. The zero-order chi connectivity index (χ0) is 24.6. The van der Waals surface area contributed by atoms with Gasteiger partial charge in [-0.25, -0.2) is 31.7 Å². The molecular weight excluding hydrogens is 485 g/mol. The molecule has 0 aliphatic heterocycles. The molecule has 0 fully saturated rings. The Labute approximate surface area is 196 Å². The maximum Gasteiger partial charge on any atom is 0.333 e. The quantitative estimate of drug-likeness (QED) is 0.330. The van der Waals surface area contributed by atoms with Gasteiger partial charge in [-0.3, -0.25) is 4.79 Å². The lowest BCUT2D eigenvalue weighted by Gasteiger charge is -2.11. The number of amides is 2. The van der Waals surface area contributed by atoms with Crippen LogP contribution in [-0.2, 0) is 10.0 Å². The van der Waals surface area contributed by atoms with Gasteiger partial charge in [0.1, 0.15) is 10.0 Å². The third-order valence-corrected chi connectivity index (χ3v) is 7.66. The average molecular weight is 504 g/mol.